The second-order valence-electron chi connectivity index (χ2n) is 3.63. The Morgan fingerprint density at radius 3 is 2.62 bits per heavy atom. The maximum atomic E-state index is 5.63. The van der Waals surface area contributed by atoms with Crippen LogP contribution in [0.3, 0.4) is 0 Å². The summed E-state index contributed by atoms with van der Waals surface area (Å²) in [6.45, 7) is 5.27. The van der Waals surface area contributed by atoms with E-state index in [2.05, 4.69) is 41.2 Å². The molecule has 1 nitrogen and oxygen atoms in total. The molecule has 0 aliphatic carbocycles. The molecule has 0 saturated carbocycles. The molecular formula is C10H16BrNS. The van der Waals surface area contributed by atoms with Crippen molar-refractivity contribution in [2.75, 3.05) is 6.54 Å². The third kappa shape index (κ3) is 3.41. The van der Waals surface area contributed by atoms with Gasteiger partial charge in [-0.05, 0) is 46.8 Å². The molecule has 0 aliphatic rings. The first kappa shape index (κ1) is 11.2. The lowest BCUT2D eigenvalue weighted by molar-refractivity contribution is 0.396. The summed E-state index contributed by atoms with van der Waals surface area (Å²) in [7, 11) is 0. The molecule has 2 N–H and O–H groups in total. The van der Waals surface area contributed by atoms with Crippen LogP contribution < -0.4 is 5.73 Å². The molecule has 1 rings (SSSR count). The summed E-state index contributed by atoms with van der Waals surface area (Å²) in [4.78, 5) is 1.44. The van der Waals surface area contributed by atoms with Crippen molar-refractivity contribution in [1.82, 2.24) is 0 Å². The van der Waals surface area contributed by atoms with Gasteiger partial charge in [0, 0.05) is 14.7 Å². The van der Waals surface area contributed by atoms with Crippen molar-refractivity contribution >= 4 is 27.3 Å². The molecule has 13 heavy (non-hydrogen) atoms. The predicted molar refractivity (Wildman–Crippen MR) is 63.1 cm³/mol. The van der Waals surface area contributed by atoms with E-state index in [0.29, 0.717) is 11.8 Å². The fourth-order valence-corrected chi connectivity index (χ4v) is 2.81. The van der Waals surface area contributed by atoms with Gasteiger partial charge in [0.15, 0.2) is 0 Å². The Kier molecular flexibility index (Phi) is 4.42. The summed E-state index contributed by atoms with van der Waals surface area (Å²) in [6.07, 6.45) is 1.15. The zero-order valence-electron chi connectivity index (χ0n) is 8.09. The van der Waals surface area contributed by atoms with Crippen molar-refractivity contribution in [2.24, 2.45) is 17.6 Å². The number of rotatable bonds is 4. The van der Waals surface area contributed by atoms with Gasteiger partial charge in [-0.25, -0.2) is 0 Å². The molecule has 2 atom stereocenters. The van der Waals surface area contributed by atoms with Crippen molar-refractivity contribution in [2.45, 2.75) is 20.3 Å². The standard InChI is InChI=1S/C10H16BrNS/c1-7(8(2)5-12)3-10-4-9(11)6-13-10/h4,6-8H,3,5,12H2,1-2H3. The topological polar surface area (TPSA) is 26.0 Å². The first-order valence-corrected chi connectivity index (χ1v) is 6.23. The lowest BCUT2D eigenvalue weighted by atomic mass is 9.92. The van der Waals surface area contributed by atoms with Crippen molar-refractivity contribution in [3.8, 4) is 0 Å². The van der Waals surface area contributed by atoms with Gasteiger partial charge in [-0.3, -0.25) is 0 Å². The molecule has 0 saturated heterocycles. The predicted octanol–water partition coefficient (Wildman–Crippen LogP) is 3.28. The second kappa shape index (κ2) is 5.13. The van der Waals surface area contributed by atoms with Crippen LogP contribution >= 0.6 is 27.3 Å². The quantitative estimate of drug-likeness (QED) is 0.885. The van der Waals surface area contributed by atoms with Gasteiger partial charge in [-0.15, -0.1) is 11.3 Å². The molecule has 0 bridgehead atoms. The Balaban J connectivity index is 2.49. The van der Waals surface area contributed by atoms with Crippen molar-refractivity contribution in [3.63, 3.8) is 0 Å². The second-order valence-corrected chi connectivity index (χ2v) is 5.54. The minimum atomic E-state index is 0.612. The Morgan fingerprint density at radius 2 is 2.15 bits per heavy atom. The Labute approximate surface area is 92.5 Å². The maximum absolute atomic E-state index is 5.63. The summed E-state index contributed by atoms with van der Waals surface area (Å²) in [5.74, 6) is 1.29. The first-order chi connectivity index (χ1) is 6.13. The van der Waals surface area contributed by atoms with Crippen LogP contribution in [0.5, 0.6) is 0 Å². The van der Waals surface area contributed by atoms with E-state index in [9.17, 15) is 0 Å². The lowest BCUT2D eigenvalue weighted by Gasteiger charge is -2.16. The average molecular weight is 262 g/mol. The van der Waals surface area contributed by atoms with E-state index in [1.54, 1.807) is 0 Å². The monoisotopic (exact) mass is 261 g/mol. The van der Waals surface area contributed by atoms with E-state index in [4.69, 9.17) is 5.73 Å². The summed E-state index contributed by atoms with van der Waals surface area (Å²) in [5, 5.41) is 2.13. The van der Waals surface area contributed by atoms with Crippen LogP contribution in [0, 0.1) is 11.8 Å². The van der Waals surface area contributed by atoms with Gasteiger partial charge in [0.1, 0.15) is 0 Å². The van der Waals surface area contributed by atoms with Crippen LogP contribution in [-0.4, -0.2) is 6.54 Å². The zero-order chi connectivity index (χ0) is 9.84. The SMILES string of the molecule is CC(CN)C(C)Cc1cc(Br)cs1. The first-order valence-electron chi connectivity index (χ1n) is 4.56. The highest BCUT2D eigenvalue weighted by Crippen LogP contribution is 2.24. The van der Waals surface area contributed by atoms with Gasteiger partial charge in [0.05, 0.1) is 0 Å². The number of hydrogen-bond donors (Lipinski definition) is 1. The number of thiophene rings is 1. The molecular weight excluding hydrogens is 246 g/mol. The third-order valence-electron chi connectivity index (χ3n) is 2.49. The number of hydrogen-bond acceptors (Lipinski definition) is 2. The summed E-state index contributed by atoms with van der Waals surface area (Å²) < 4.78 is 1.19. The molecule has 0 amide bonds. The minimum absolute atomic E-state index is 0.612. The molecule has 0 fully saturated rings. The normalized spacial score (nSPS) is 15.7. The smallest absolute Gasteiger partial charge is 0.0285 e. The summed E-state index contributed by atoms with van der Waals surface area (Å²) in [6, 6.07) is 2.20. The molecule has 0 aliphatic heterocycles. The van der Waals surface area contributed by atoms with E-state index in [1.165, 1.54) is 9.35 Å². The Bertz CT molecular complexity index is 259. The number of nitrogens with two attached hydrogens (primary N) is 1. The van der Waals surface area contributed by atoms with Crippen molar-refractivity contribution in [1.29, 1.82) is 0 Å². The van der Waals surface area contributed by atoms with Crippen LogP contribution in [0.4, 0.5) is 0 Å². The van der Waals surface area contributed by atoms with Gasteiger partial charge < -0.3 is 5.73 Å². The minimum Gasteiger partial charge on any atom is -0.330 e. The van der Waals surface area contributed by atoms with Gasteiger partial charge in [0.2, 0.25) is 0 Å². The average Bonchev–Trinajstić information content (AvgIpc) is 2.49. The van der Waals surface area contributed by atoms with Gasteiger partial charge in [-0.2, -0.15) is 0 Å². The highest BCUT2D eigenvalue weighted by molar-refractivity contribution is 9.10. The van der Waals surface area contributed by atoms with Gasteiger partial charge >= 0.3 is 0 Å². The molecule has 1 heterocycles. The van der Waals surface area contributed by atoms with E-state index >= 15 is 0 Å². The Hall–Kier alpha value is 0.140. The molecule has 0 aromatic carbocycles. The fraction of sp³-hybridized carbons (Fsp3) is 0.600. The molecule has 0 radical (unpaired) electrons. The van der Waals surface area contributed by atoms with Crippen molar-refractivity contribution < 1.29 is 0 Å². The van der Waals surface area contributed by atoms with E-state index in [0.717, 1.165) is 13.0 Å². The maximum Gasteiger partial charge on any atom is 0.0285 e. The summed E-state index contributed by atoms with van der Waals surface area (Å²) >= 11 is 5.28. The highest BCUT2D eigenvalue weighted by Gasteiger charge is 2.11. The molecule has 1 aromatic heterocycles. The molecule has 1 aromatic rings. The van der Waals surface area contributed by atoms with Crippen LogP contribution in [0.15, 0.2) is 15.9 Å². The fourth-order valence-electron chi connectivity index (χ4n) is 1.21. The van der Waals surface area contributed by atoms with Crippen LogP contribution in [0.25, 0.3) is 0 Å². The zero-order valence-corrected chi connectivity index (χ0v) is 10.5. The van der Waals surface area contributed by atoms with E-state index < -0.39 is 0 Å². The third-order valence-corrected chi connectivity index (χ3v) is 4.21. The number of halogens is 1. The van der Waals surface area contributed by atoms with E-state index in [-0.39, 0.29) is 0 Å². The van der Waals surface area contributed by atoms with Gasteiger partial charge in [-0.1, -0.05) is 13.8 Å². The molecule has 74 valence electrons. The summed E-state index contributed by atoms with van der Waals surface area (Å²) in [5.41, 5.74) is 5.63. The van der Waals surface area contributed by atoms with E-state index in [1.807, 2.05) is 11.3 Å². The highest BCUT2D eigenvalue weighted by atomic mass is 79.9. The molecule has 3 heteroatoms. The van der Waals surface area contributed by atoms with Crippen LogP contribution in [0.1, 0.15) is 18.7 Å². The van der Waals surface area contributed by atoms with Gasteiger partial charge in [0.25, 0.3) is 0 Å². The lowest BCUT2D eigenvalue weighted by Crippen LogP contribution is -2.19. The molecule has 2 unspecified atom stereocenters. The van der Waals surface area contributed by atoms with Crippen LogP contribution in [0.2, 0.25) is 0 Å². The molecule has 0 spiro atoms. The largest absolute Gasteiger partial charge is 0.330 e. The van der Waals surface area contributed by atoms with Crippen LogP contribution in [-0.2, 0) is 6.42 Å². The Morgan fingerprint density at radius 1 is 1.46 bits per heavy atom. The van der Waals surface area contributed by atoms with Crippen molar-refractivity contribution in [3.05, 3.63) is 20.8 Å².